The van der Waals surface area contributed by atoms with E-state index in [-0.39, 0.29) is 11.8 Å². The first-order valence-corrected chi connectivity index (χ1v) is 3.75. The van der Waals surface area contributed by atoms with Gasteiger partial charge in [-0.15, -0.1) is 0 Å². The predicted molar refractivity (Wildman–Crippen MR) is 38.0 cm³/mol. The molecule has 0 aromatic heterocycles. The first-order chi connectivity index (χ1) is 4.77. The molecule has 2 heteroatoms. The summed E-state index contributed by atoms with van der Waals surface area (Å²) >= 11 is 0. The highest BCUT2D eigenvalue weighted by atomic mass is 16.1. The monoisotopic (exact) mass is 137 g/mol. The Hall–Kier alpha value is -0.790. The van der Waals surface area contributed by atoms with Crippen LogP contribution in [0.2, 0.25) is 0 Å². The molecular formula is C8H11NO. The van der Waals surface area contributed by atoms with Gasteiger partial charge in [-0.05, 0) is 24.7 Å². The highest BCUT2D eigenvalue weighted by molar-refractivity contribution is 5.78. The van der Waals surface area contributed by atoms with Crippen LogP contribution in [0, 0.1) is 17.8 Å². The molecule has 0 heterocycles. The van der Waals surface area contributed by atoms with E-state index in [1.54, 1.807) is 0 Å². The summed E-state index contributed by atoms with van der Waals surface area (Å²) in [5.41, 5.74) is 5.21. The molecule has 2 aliphatic rings. The molecule has 2 nitrogen and oxygen atoms in total. The number of carbonyl (C=O) groups is 1. The third kappa shape index (κ3) is 0.681. The molecule has 0 spiro atoms. The van der Waals surface area contributed by atoms with Crippen molar-refractivity contribution in [1.82, 2.24) is 0 Å². The Kier molecular flexibility index (Phi) is 1.10. The Balaban J connectivity index is 2.16. The lowest BCUT2D eigenvalue weighted by Gasteiger charge is -2.12. The lowest BCUT2D eigenvalue weighted by atomic mass is 9.93. The van der Waals surface area contributed by atoms with Gasteiger partial charge in [0.15, 0.2) is 0 Å². The number of nitrogens with two attached hydrogens (primary N) is 1. The molecule has 0 saturated heterocycles. The van der Waals surface area contributed by atoms with Crippen LogP contribution in [-0.4, -0.2) is 5.91 Å². The maximum atomic E-state index is 10.8. The van der Waals surface area contributed by atoms with Gasteiger partial charge in [-0.25, -0.2) is 0 Å². The second-order valence-electron chi connectivity index (χ2n) is 3.29. The number of allylic oxidation sites excluding steroid dienone is 2. The smallest absolute Gasteiger partial charge is 0.221 e. The largest absolute Gasteiger partial charge is 0.369 e. The number of hydrogen-bond donors (Lipinski definition) is 1. The van der Waals surface area contributed by atoms with E-state index in [0.29, 0.717) is 11.8 Å². The number of carbonyl (C=O) groups excluding carboxylic acids is 1. The van der Waals surface area contributed by atoms with Gasteiger partial charge >= 0.3 is 0 Å². The second kappa shape index (κ2) is 1.84. The van der Waals surface area contributed by atoms with Gasteiger partial charge in [0.2, 0.25) is 5.91 Å². The average Bonchev–Trinajstić information content (AvgIpc) is 2.44. The lowest BCUT2D eigenvalue weighted by Crippen LogP contribution is -2.26. The third-order valence-electron chi connectivity index (χ3n) is 2.64. The summed E-state index contributed by atoms with van der Waals surface area (Å²) in [5.74, 6) is 1.16. The highest BCUT2D eigenvalue weighted by Crippen LogP contribution is 2.42. The van der Waals surface area contributed by atoms with Gasteiger partial charge in [0.25, 0.3) is 0 Å². The molecule has 0 unspecified atom stereocenters. The minimum absolute atomic E-state index is 0.114. The third-order valence-corrected chi connectivity index (χ3v) is 2.64. The van der Waals surface area contributed by atoms with Crippen LogP contribution >= 0.6 is 0 Å². The number of fused-ring (bicyclic) bond motifs is 2. The minimum atomic E-state index is -0.114. The number of primary amides is 1. The van der Waals surface area contributed by atoms with E-state index in [2.05, 4.69) is 12.2 Å². The van der Waals surface area contributed by atoms with Gasteiger partial charge in [0, 0.05) is 5.92 Å². The fraction of sp³-hybridized carbons (Fsp3) is 0.625. The van der Waals surface area contributed by atoms with Crippen LogP contribution < -0.4 is 5.73 Å². The zero-order chi connectivity index (χ0) is 7.14. The van der Waals surface area contributed by atoms with Crippen LogP contribution in [0.4, 0.5) is 0 Å². The van der Waals surface area contributed by atoms with Gasteiger partial charge in [-0.2, -0.15) is 0 Å². The summed E-state index contributed by atoms with van der Waals surface area (Å²) in [6.45, 7) is 0. The molecular weight excluding hydrogens is 126 g/mol. The molecule has 0 aromatic carbocycles. The summed E-state index contributed by atoms with van der Waals surface area (Å²) < 4.78 is 0. The molecule has 2 bridgehead atoms. The van der Waals surface area contributed by atoms with Crippen molar-refractivity contribution in [2.24, 2.45) is 23.5 Å². The fourth-order valence-corrected chi connectivity index (χ4v) is 2.11. The zero-order valence-electron chi connectivity index (χ0n) is 5.79. The summed E-state index contributed by atoms with van der Waals surface area (Å²) in [4.78, 5) is 10.8. The Bertz CT molecular complexity index is 197. The van der Waals surface area contributed by atoms with Crippen molar-refractivity contribution >= 4 is 5.91 Å². The number of rotatable bonds is 1. The van der Waals surface area contributed by atoms with Crippen LogP contribution in [-0.2, 0) is 4.79 Å². The standard InChI is InChI=1S/C8H11NO/c9-8(10)7-4-5-1-2-6(7)3-5/h1-2,5-7H,3-4H2,(H2,9,10)/t5-,6-,7-/m1/s1. The quantitative estimate of drug-likeness (QED) is 0.531. The van der Waals surface area contributed by atoms with Crippen molar-refractivity contribution in [2.45, 2.75) is 12.8 Å². The molecule has 2 rings (SSSR count). The van der Waals surface area contributed by atoms with Gasteiger partial charge in [-0.1, -0.05) is 12.2 Å². The van der Waals surface area contributed by atoms with E-state index >= 15 is 0 Å². The average molecular weight is 137 g/mol. The summed E-state index contributed by atoms with van der Waals surface area (Å²) in [6.07, 6.45) is 6.51. The van der Waals surface area contributed by atoms with Crippen molar-refractivity contribution in [2.75, 3.05) is 0 Å². The molecule has 0 aromatic rings. The molecule has 0 radical (unpaired) electrons. The SMILES string of the molecule is NC(=O)[C@@H]1C[C@@H]2C=C[C@@H]1C2. The van der Waals surface area contributed by atoms with Crippen LogP contribution in [0.5, 0.6) is 0 Å². The number of hydrogen-bond acceptors (Lipinski definition) is 1. The highest BCUT2D eigenvalue weighted by Gasteiger charge is 2.38. The molecule has 2 N–H and O–H groups in total. The molecule has 2 aliphatic carbocycles. The van der Waals surface area contributed by atoms with Crippen molar-refractivity contribution < 1.29 is 4.79 Å². The Morgan fingerprint density at radius 2 is 2.20 bits per heavy atom. The van der Waals surface area contributed by atoms with Crippen molar-refractivity contribution in [3.05, 3.63) is 12.2 Å². The Morgan fingerprint density at radius 3 is 2.50 bits per heavy atom. The summed E-state index contributed by atoms with van der Waals surface area (Å²) in [7, 11) is 0. The summed E-state index contributed by atoms with van der Waals surface area (Å²) in [5, 5.41) is 0. The van der Waals surface area contributed by atoms with Gasteiger partial charge in [0.1, 0.15) is 0 Å². The van der Waals surface area contributed by atoms with E-state index in [9.17, 15) is 4.79 Å². The molecule has 3 atom stereocenters. The van der Waals surface area contributed by atoms with Crippen LogP contribution in [0.3, 0.4) is 0 Å². The van der Waals surface area contributed by atoms with Gasteiger partial charge in [0.05, 0.1) is 0 Å². The molecule has 1 saturated carbocycles. The van der Waals surface area contributed by atoms with E-state index in [1.807, 2.05) is 0 Å². The normalized spacial score (nSPS) is 42.6. The van der Waals surface area contributed by atoms with Gasteiger partial charge < -0.3 is 5.73 Å². The topological polar surface area (TPSA) is 43.1 Å². The van der Waals surface area contributed by atoms with Crippen LogP contribution in [0.1, 0.15) is 12.8 Å². The maximum Gasteiger partial charge on any atom is 0.221 e. The molecule has 1 amide bonds. The zero-order valence-corrected chi connectivity index (χ0v) is 5.79. The van der Waals surface area contributed by atoms with Gasteiger partial charge in [-0.3, -0.25) is 4.79 Å². The fourth-order valence-electron chi connectivity index (χ4n) is 2.11. The molecule has 0 aliphatic heterocycles. The van der Waals surface area contributed by atoms with Crippen molar-refractivity contribution in [3.8, 4) is 0 Å². The lowest BCUT2D eigenvalue weighted by molar-refractivity contribution is -0.122. The van der Waals surface area contributed by atoms with Crippen LogP contribution in [0.15, 0.2) is 12.2 Å². The molecule has 54 valence electrons. The predicted octanol–water partition coefficient (Wildman–Crippen LogP) is 0.684. The van der Waals surface area contributed by atoms with Crippen molar-refractivity contribution in [3.63, 3.8) is 0 Å². The first-order valence-electron chi connectivity index (χ1n) is 3.75. The molecule has 10 heavy (non-hydrogen) atoms. The Labute approximate surface area is 60.1 Å². The summed E-state index contributed by atoms with van der Waals surface area (Å²) in [6, 6.07) is 0. The number of amides is 1. The van der Waals surface area contributed by atoms with E-state index in [4.69, 9.17) is 5.73 Å². The van der Waals surface area contributed by atoms with E-state index < -0.39 is 0 Å². The van der Waals surface area contributed by atoms with Crippen LogP contribution in [0.25, 0.3) is 0 Å². The minimum Gasteiger partial charge on any atom is -0.369 e. The molecule has 1 fully saturated rings. The van der Waals surface area contributed by atoms with E-state index in [0.717, 1.165) is 12.8 Å². The Morgan fingerprint density at radius 1 is 1.40 bits per heavy atom. The maximum absolute atomic E-state index is 10.8. The second-order valence-corrected chi connectivity index (χ2v) is 3.29. The van der Waals surface area contributed by atoms with Crippen molar-refractivity contribution in [1.29, 1.82) is 0 Å². The first kappa shape index (κ1) is 5.96. The van der Waals surface area contributed by atoms with E-state index in [1.165, 1.54) is 0 Å².